The molecule has 1 heteroatoms. The summed E-state index contributed by atoms with van der Waals surface area (Å²) < 4.78 is 13.9. The zero-order valence-electron chi connectivity index (χ0n) is 11.4. The van der Waals surface area contributed by atoms with Gasteiger partial charge in [-0.3, -0.25) is 0 Å². The van der Waals surface area contributed by atoms with Crippen LogP contribution in [-0.4, -0.2) is 0 Å². The molecule has 0 saturated carbocycles. The van der Waals surface area contributed by atoms with Crippen molar-refractivity contribution in [2.45, 2.75) is 65.2 Å². The number of aryl methyl sites for hydroxylation is 1. The van der Waals surface area contributed by atoms with E-state index in [0.717, 1.165) is 30.4 Å². The highest BCUT2D eigenvalue weighted by Crippen LogP contribution is 2.29. The standard InChI is InChI=1S/C16H25F/c1-4-6-7-9-14(8-5-2)15-11-10-13(3)12-16(15)17/h10-12,14H,4-9H2,1-3H3. The Labute approximate surface area is 105 Å². The monoisotopic (exact) mass is 236 g/mol. The first-order chi connectivity index (χ1) is 8.19. The van der Waals surface area contributed by atoms with Crippen molar-refractivity contribution in [1.82, 2.24) is 0 Å². The third-order valence-corrected chi connectivity index (χ3v) is 3.39. The first-order valence-corrected chi connectivity index (χ1v) is 6.95. The van der Waals surface area contributed by atoms with Crippen LogP contribution in [0.4, 0.5) is 4.39 Å². The van der Waals surface area contributed by atoms with Crippen LogP contribution in [0.1, 0.15) is 69.4 Å². The van der Waals surface area contributed by atoms with Crippen LogP contribution < -0.4 is 0 Å². The van der Waals surface area contributed by atoms with Crippen molar-refractivity contribution in [2.24, 2.45) is 0 Å². The van der Waals surface area contributed by atoms with Gasteiger partial charge in [0.1, 0.15) is 5.82 Å². The Bertz CT molecular complexity index is 330. The molecule has 0 nitrogen and oxygen atoms in total. The molecule has 17 heavy (non-hydrogen) atoms. The lowest BCUT2D eigenvalue weighted by Gasteiger charge is -2.17. The predicted octanol–water partition coefficient (Wildman–Crippen LogP) is 5.60. The molecule has 1 unspecified atom stereocenters. The van der Waals surface area contributed by atoms with Crippen LogP contribution in [0.2, 0.25) is 0 Å². The van der Waals surface area contributed by atoms with Crippen LogP contribution in [0.3, 0.4) is 0 Å². The average molecular weight is 236 g/mol. The Kier molecular flexibility index (Phi) is 6.25. The Hall–Kier alpha value is -0.850. The molecule has 0 radical (unpaired) electrons. The SMILES string of the molecule is CCCCCC(CCC)c1ccc(C)cc1F. The van der Waals surface area contributed by atoms with Crippen LogP contribution in [0.15, 0.2) is 18.2 Å². The lowest BCUT2D eigenvalue weighted by Crippen LogP contribution is -2.02. The maximum atomic E-state index is 13.9. The minimum atomic E-state index is -0.0139. The molecule has 1 rings (SSSR count). The first-order valence-electron chi connectivity index (χ1n) is 6.95. The van der Waals surface area contributed by atoms with E-state index >= 15 is 0 Å². The van der Waals surface area contributed by atoms with Gasteiger partial charge < -0.3 is 0 Å². The summed E-state index contributed by atoms with van der Waals surface area (Å²) in [5.74, 6) is 0.395. The lowest BCUT2D eigenvalue weighted by atomic mass is 9.88. The molecule has 1 atom stereocenters. The van der Waals surface area contributed by atoms with Crippen molar-refractivity contribution in [3.8, 4) is 0 Å². The molecule has 0 aliphatic carbocycles. The normalized spacial score (nSPS) is 12.7. The van der Waals surface area contributed by atoms with Crippen molar-refractivity contribution in [2.75, 3.05) is 0 Å². The molecule has 0 aliphatic heterocycles. The Morgan fingerprint density at radius 1 is 1.06 bits per heavy atom. The molecule has 0 heterocycles. The fourth-order valence-electron chi connectivity index (χ4n) is 2.41. The summed E-state index contributed by atoms with van der Waals surface area (Å²) in [6, 6.07) is 5.68. The maximum absolute atomic E-state index is 13.9. The van der Waals surface area contributed by atoms with E-state index in [1.165, 1.54) is 19.3 Å². The molecule has 0 bridgehead atoms. The molecule has 0 aromatic heterocycles. The van der Waals surface area contributed by atoms with E-state index in [2.05, 4.69) is 13.8 Å². The van der Waals surface area contributed by atoms with Gasteiger partial charge in [-0.05, 0) is 42.9 Å². The summed E-state index contributed by atoms with van der Waals surface area (Å²) in [5, 5.41) is 0. The Balaban J connectivity index is 2.74. The summed E-state index contributed by atoms with van der Waals surface area (Å²) in [6.45, 7) is 6.33. The molecular formula is C16H25F. The van der Waals surface area contributed by atoms with Gasteiger partial charge in [-0.2, -0.15) is 0 Å². The van der Waals surface area contributed by atoms with E-state index in [0.29, 0.717) is 5.92 Å². The zero-order chi connectivity index (χ0) is 12.7. The van der Waals surface area contributed by atoms with Gasteiger partial charge in [0.05, 0.1) is 0 Å². The molecule has 1 aromatic carbocycles. The smallest absolute Gasteiger partial charge is 0.126 e. The first kappa shape index (κ1) is 14.2. The van der Waals surface area contributed by atoms with Gasteiger partial charge in [0.15, 0.2) is 0 Å². The Morgan fingerprint density at radius 2 is 1.82 bits per heavy atom. The number of halogens is 1. The van der Waals surface area contributed by atoms with E-state index in [1.54, 1.807) is 6.07 Å². The minimum Gasteiger partial charge on any atom is -0.207 e. The molecule has 0 aliphatic rings. The fraction of sp³-hybridized carbons (Fsp3) is 0.625. The van der Waals surface area contributed by atoms with Gasteiger partial charge in [-0.25, -0.2) is 4.39 Å². The van der Waals surface area contributed by atoms with Crippen molar-refractivity contribution >= 4 is 0 Å². The highest BCUT2D eigenvalue weighted by Gasteiger charge is 2.14. The van der Waals surface area contributed by atoms with Gasteiger partial charge in [0.25, 0.3) is 0 Å². The molecule has 0 fully saturated rings. The molecule has 0 spiro atoms. The van der Waals surface area contributed by atoms with E-state index < -0.39 is 0 Å². The second-order valence-electron chi connectivity index (χ2n) is 5.01. The van der Waals surface area contributed by atoms with Crippen LogP contribution in [-0.2, 0) is 0 Å². The van der Waals surface area contributed by atoms with Gasteiger partial charge >= 0.3 is 0 Å². The van der Waals surface area contributed by atoms with Crippen molar-refractivity contribution in [3.63, 3.8) is 0 Å². The molecule has 1 aromatic rings. The lowest BCUT2D eigenvalue weighted by molar-refractivity contribution is 0.500. The summed E-state index contributed by atoms with van der Waals surface area (Å²) in [7, 11) is 0. The van der Waals surface area contributed by atoms with Gasteiger partial charge in [0.2, 0.25) is 0 Å². The van der Waals surface area contributed by atoms with E-state index in [1.807, 2.05) is 19.1 Å². The number of hydrogen-bond donors (Lipinski definition) is 0. The minimum absolute atomic E-state index is 0.0139. The van der Waals surface area contributed by atoms with Crippen molar-refractivity contribution in [1.29, 1.82) is 0 Å². The van der Waals surface area contributed by atoms with E-state index in [9.17, 15) is 4.39 Å². The summed E-state index contributed by atoms with van der Waals surface area (Å²) in [4.78, 5) is 0. The number of hydrogen-bond acceptors (Lipinski definition) is 0. The highest BCUT2D eigenvalue weighted by atomic mass is 19.1. The van der Waals surface area contributed by atoms with Crippen molar-refractivity contribution < 1.29 is 4.39 Å². The summed E-state index contributed by atoms with van der Waals surface area (Å²) in [6.07, 6.45) is 7.06. The maximum Gasteiger partial charge on any atom is 0.126 e. The van der Waals surface area contributed by atoms with Crippen LogP contribution in [0.5, 0.6) is 0 Å². The quantitative estimate of drug-likeness (QED) is 0.541. The van der Waals surface area contributed by atoms with Gasteiger partial charge in [0, 0.05) is 0 Å². The number of unbranched alkanes of at least 4 members (excludes halogenated alkanes) is 2. The van der Waals surface area contributed by atoms with Crippen molar-refractivity contribution in [3.05, 3.63) is 35.1 Å². The molecule has 96 valence electrons. The van der Waals surface area contributed by atoms with Crippen LogP contribution in [0, 0.1) is 12.7 Å². The summed E-state index contributed by atoms with van der Waals surface area (Å²) >= 11 is 0. The largest absolute Gasteiger partial charge is 0.207 e. The van der Waals surface area contributed by atoms with E-state index in [-0.39, 0.29) is 5.82 Å². The van der Waals surface area contributed by atoms with Crippen LogP contribution in [0.25, 0.3) is 0 Å². The second-order valence-corrected chi connectivity index (χ2v) is 5.01. The zero-order valence-corrected chi connectivity index (χ0v) is 11.4. The average Bonchev–Trinajstić information content (AvgIpc) is 2.28. The topological polar surface area (TPSA) is 0 Å². The molecular weight excluding hydrogens is 211 g/mol. The number of rotatable bonds is 7. The second kappa shape index (κ2) is 7.47. The summed E-state index contributed by atoms with van der Waals surface area (Å²) in [5.41, 5.74) is 1.93. The van der Waals surface area contributed by atoms with Gasteiger partial charge in [-0.15, -0.1) is 0 Å². The Morgan fingerprint density at radius 3 is 2.41 bits per heavy atom. The fourth-order valence-corrected chi connectivity index (χ4v) is 2.41. The van der Waals surface area contributed by atoms with Gasteiger partial charge in [-0.1, -0.05) is 51.7 Å². The molecule has 0 saturated heterocycles. The molecule has 0 N–H and O–H groups in total. The number of benzene rings is 1. The van der Waals surface area contributed by atoms with E-state index in [4.69, 9.17) is 0 Å². The molecule has 0 amide bonds. The predicted molar refractivity (Wildman–Crippen MR) is 72.9 cm³/mol. The third kappa shape index (κ3) is 4.49. The third-order valence-electron chi connectivity index (χ3n) is 3.39. The highest BCUT2D eigenvalue weighted by molar-refractivity contribution is 5.26. The van der Waals surface area contributed by atoms with Crippen LogP contribution >= 0.6 is 0 Å².